The van der Waals surface area contributed by atoms with Crippen molar-refractivity contribution in [3.63, 3.8) is 0 Å². The number of phenolic OH excluding ortho intramolecular Hbond substituents is 1. The molecule has 15 heavy (non-hydrogen) atoms. The number of allylic oxidation sites excluding steroid dienone is 1. The van der Waals surface area contributed by atoms with E-state index in [9.17, 15) is 9.90 Å². The number of halogens is 2. The van der Waals surface area contributed by atoms with Crippen LogP contribution in [0, 0.1) is 0 Å². The molecule has 0 atom stereocenters. The number of ether oxygens (including phenoxy) is 1. The first-order valence-corrected chi connectivity index (χ1v) is 4.74. The van der Waals surface area contributed by atoms with Crippen LogP contribution in [0.5, 0.6) is 11.5 Å². The molecule has 1 rings (SSSR count). The molecule has 1 aromatic carbocycles. The van der Waals surface area contributed by atoms with Crippen LogP contribution in [0.15, 0.2) is 12.1 Å². The molecule has 1 N–H and O–H groups in total. The van der Waals surface area contributed by atoms with E-state index >= 15 is 0 Å². The number of methoxy groups -OCH3 is 1. The summed E-state index contributed by atoms with van der Waals surface area (Å²) in [5, 5.41) is 10.1. The summed E-state index contributed by atoms with van der Waals surface area (Å²) in [7, 11) is 1.40. The molecule has 0 heterocycles. The van der Waals surface area contributed by atoms with Gasteiger partial charge in [0, 0.05) is 11.6 Å². The van der Waals surface area contributed by atoms with Crippen molar-refractivity contribution in [2.45, 2.75) is 0 Å². The summed E-state index contributed by atoms with van der Waals surface area (Å²) in [5.74, 6) is 0.0555. The Kier molecular flexibility index (Phi) is 4.00. The fourth-order valence-electron chi connectivity index (χ4n) is 1.06. The molecule has 80 valence electrons. The van der Waals surface area contributed by atoms with Crippen LogP contribution >= 0.6 is 23.2 Å². The molecule has 0 aliphatic carbocycles. The number of benzene rings is 1. The van der Waals surface area contributed by atoms with E-state index in [2.05, 4.69) is 0 Å². The number of hydrogen-bond donors (Lipinski definition) is 1. The van der Waals surface area contributed by atoms with Crippen LogP contribution in [-0.4, -0.2) is 18.5 Å². The van der Waals surface area contributed by atoms with E-state index in [0.29, 0.717) is 6.29 Å². The Hall–Kier alpha value is -1.19. The Morgan fingerprint density at radius 2 is 2.13 bits per heavy atom. The van der Waals surface area contributed by atoms with Gasteiger partial charge >= 0.3 is 0 Å². The third-order valence-corrected chi connectivity index (χ3v) is 2.56. The predicted octanol–water partition coefficient (Wildman–Crippen LogP) is 2.92. The molecule has 0 saturated heterocycles. The average Bonchev–Trinajstić information content (AvgIpc) is 2.23. The lowest BCUT2D eigenvalue weighted by molar-refractivity contribution is -0.104. The van der Waals surface area contributed by atoms with E-state index in [1.165, 1.54) is 25.3 Å². The normalized spacial score (nSPS) is 10.6. The fraction of sp³-hybridized carbons (Fsp3) is 0.100. The minimum absolute atomic E-state index is 0.148. The molecule has 0 bridgehead atoms. The molecule has 0 aliphatic heterocycles. The third kappa shape index (κ3) is 2.43. The lowest BCUT2D eigenvalue weighted by Gasteiger charge is -2.09. The number of aldehydes is 1. The molecule has 5 heteroatoms. The topological polar surface area (TPSA) is 46.5 Å². The number of carbonyl (C=O) groups excluding carboxylic acids is 1. The van der Waals surface area contributed by atoms with Crippen molar-refractivity contribution in [1.82, 2.24) is 0 Å². The summed E-state index contributed by atoms with van der Waals surface area (Å²) in [6.07, 6.45) is 3.14. The quantitative estimate of drug-likeness (QED) is 0.659. The lowest BCUT2D eigenvalue weighted by atomic mass is 10.1. The summed E-state index contributed by atoms with van der Waals surface area (Å²) in [5.41, 5.74) is 0.258. The van der Waals surface area contributed by atoms with Crippen LogP contribution in [-0.2, 0) is 4.79 Å². The van der Waals surface area contributed by atoms with Gasteiger partial charge in [-0.05, 0) is 12.2 Å². The molecule has 0 spiro atoms. The summed E-state index contributed by atoms with van der Waals surface area (Å²) >= 11 is 11.7. The van der Waals surface area contributed by atoms with Crippen molar-refractivity contribution < 1.29 is 14.6 Å². The molecule has 0 saturated carbocycles. The largest absolute Gasteiger partial charge is 0.504 e. The van der Waals surface area contributed by atoms with E-state index in [1.807, 2.05) is 0 Å². The Labute approximate surface area is 96.9 Å². The monoisotopic (exact) mass is 246 g/mol. The van der Waals surface area contributed by atoms with E-state index in [4.69, 9.17) is 27.9 Å². The van der Waals surface area contributed by atoms with Gasteiger partial charge in [0.25, 0.3) is 0 Å². The van der Waals surface area contributed by atoms with Crippen LogP contribution in [0.4, 0.5) is 0 Å². The Morgan fingerprint density at radius 3 is 2.67 bits per heavy atom. The van der Waals surface area contributed by atoms with Crippen molar-refractivity contribution in [3.8, 4) is 11.5 Å². The van der Waals surface area contributed by atoms with Gasteiger partial charge in [0.1, 0.15) is 6.29 Å². The first-order chi connectivity index (χ1) is 7.11. The van der Waals surface area contributed by atoms with E-state index in [0.717, 1.165) is 0 Å². The van der Waals surface area contributed by atoms with Gasteiger partial charge in [-0.3, -0.25) is 4.79 Å². The number of hydrogen-bond acceptors (Lipinski definition) is 3. The number of rotatable bonds is 3. The van der Waals surface area contributed by atoms with E-state index < -0.39 is 0 Å². The number of aromatic hydroxyl groups is 1. The highest BCUT2D eigenvalue weighted by Gasteiger charge is 2.13. The molecule has 3 nitrogen and oxygen atoms in total. The summed E-state index contributed by atoms with van der Waals surface area (Å²) in [6.45, 7) is 0. The van der Waals surface area contributed by atoms with E-state index in [-0.39, 0.29) is 27.1 Å². The maximum Gasteiger partial charge on any atom is 0.166 e. The molecular weight excluding hydrogens is 239 g/mol. The third-order valence-electron chi connectivity index (χ3n) is 1.75. The smallest absolute Gasteiger partial charge is 0.166 e. The van der Waals surface area contributed by atoms with Crippen molar-refractivity contribution in [2.24, 2.45) is 0 Å². The van der Waals surface area contributed by atoms with Gasteiger partial charge in [0.2, 0.25) is 0 Å². The summed E-state index contributed by atoms with van der Waals surface area (Å²) in [6, 6.07) is 1.40. The molecule has 0 aromatic heterocycles. The highest BCUT2D eigenvalue weighted by Crippen LogP contribution is 2.40. The SMILES string of the molecule is COc1cc(Cl)c(Cl)c(/C=C/C=O)c1O. The van der Waals surface area contributed by atoms with Crippen molar-refractivity contribution in [3.05, 3.63) is 27.8 Å². The van der Waals surface area contributed by atoms with Crippen LogP contribution in [0.2, 0.25) is 10.0 Å². The van der Waals surface area contributed by atoms with Crippen LogP contribution in [0.25, 0.3) is 6.08 Å². The second-order valence-electron chi connectivity index (χ2n) is 2.63. The van der Waals surface area contributed by atoms with Gasteiger partial charge in [0.05, 0.1) is 17.2 Å². The molecule has 0 amide bonds. The Bertz CT molecular complexity index is 414. The van der Waals surface area contributed by atoms with Crippen molar-refractivity contribution >= 4 is 35.6 Å². The minimum atomic E-state index is -0.148. The van der Waals surface area contributed by atoms with Crippen LogP contribution in [0.3, 0.4) is 0 Å². The zero-order chi connectivity index (χ0) is 11.4. The van der Waals surface area contributed by atoms with Gasteiger partial charge in [0.15, 0.2) is 11.5 Å². The Morgan fingerprint density at radius 1 is 1.47 bits per heavy atom. The fourth-order valence-corrected chi connectivity index (χ4v) is 1.46. The Balaban J connectivity index is 3.39. The van der Waals surface area contributed by atoms with Gasteiger partial charge in [-0.15, -0.1) is 0 Å². The number of carbonyl (C=O) groups is 1. The molecule has 0 aliphatic rings. The highest BCUT2D eigenvalue weighted by atomic mass is 35.5. The van der Waals surface area contributed by atoms with Crippen molar-refractivity contribution in [1.29, 1.82) is 0 Å². The lowest BCUT2D eigenvalue weighted by Crippen LogP contribution is -1.88. The molecular formula is C10H8Cl2O3. The van der Waals surface area contributed by atoms with Gasteiger partial charge in [-0.25, -0.2) is 0 Å². The molecule has 0 fully saturated rings. The summed E-state index contributed by atoms with van der Waals surface area (Å²) in [4.78, 5) is 10.2. The van der Waals surface area contributed by atoms with Crippen LogP contribution < -0.4 is 4.74 Å². The van der Waals surface area contributed by atoms with E-state index in [1.54, 1.807) is 0 Å². The zero-order valence-corrected chi connectivity index (χ0v) is 9.34. The first kappa shape index (κ1) is 11.9. The molecule has 1 aromatic rings. The maximum atomic E-state index is 10.2. The molecule has 0 radical (unpaired) electrons. The maximum absolute atomic E-state index is 10.2. The second kappa shape index (κ2) is 5.05. The number of phenols is 1. The van der Waals surface area contributed by atoms with Gasteiger partial charge < -0.3 is 9.84 Å². The van der Waals surface area contributed by atoms with Crippen LogP contribution in [0.1, 0.15) is 5.56 Å². The minimum Gasteiger partial charge on any atom is -0.504 e. The molecule has 0 unspecified atom stereocenters. The average molecular weight is 247 g/mol. The highest BCUT2D eigenvalue weighted by molar-refractivity contribution is 6.43. The van der Waals surface area contributed by atoms with Gasteiger partial charge in [-0.2, -0.15) is 0 Å². The first-order valence-electron chi connectivity index (χ1n) is 3.98. The summed E-state index contributed by atoms with van der Waals surface area (Å²) < 4.78 is 4.89. The standard InChI is InChI=1S/C10H8Cl2O3/c1-15-8-5-7(11)9(12)6(10(8)14)3-2-4-13/h2-5,14H,1H3/b3-2+. The van der Waals surface area contributed by atoms with Gasteiger partial charge in [-0.1, -0.05) is 23.2 Å². The zero-order valence-electron chi connectivity index (χ0n) is 7.83. The predicted molar refractivity (Wildman–Crippen MR) is 59.8 cm³/mol. The second-order valence-corrected chi connectivity index (χ2v) is 3.42. The van der Waals surface area contributed by atoms with Crippen molar-refractivity contribution in [2.75, 3.05) is 7.11 Å².